The summed E-state index contributed by atoms with van der Waals surface area (Å²) in [6.45, 7) is 0.696. The molecule has 0 saturated heterocycles. The second-order valence-electron chi connectivity index (χ2n) is 5.07. The number of benzene rings is 1. The Kier molecular flexibility index (Phi) is 3.76. The highest BCUT2D eigenvalue weighted by Gasteiger charge is 2.25. The van der Waals surface area contributed by atoms with Crippen LogP contribution < -0.4 is 5.32 Å². The minimum Gasteiger partial charge on any atom is -0.351 e. The SMILES string of the molecule is O=C(NCC1CCCC1Cl)c1cc2ccccc2s1. The van der Waals surface area contributed by atoms with Crippen molar-refractivity contribution >= 4 is 38.9 Å². The molecule has 1 aliphatic carbocycles. The Morgan fingerprint density at radius 2 is 2.21 bits per heavy atom. The maximum absolute atomic E-state index is 12.1. The molecule has 1 aromatic heterocycles. The quantitative estimate of drug-likeness (QED) is 0.850. The summed E-state index contributed by atoms with van der Waals surface area (Å²) in [5, 5.41) is 4.38. The van der Waals surface area contributed by atoms with E-state index in [4.69, 9.17) is 11.6 Å². The maximum Gasteiger partial charge on any atom is 0.261 e. The van der Waals surface area contributed by atoms with Crippen molar-refractivity contribution in [1.82, 2.24) is 5.32 Å². The first kappa shape index (κ1) is 12.9. The highest BCUT2D eigenvalue weighted by molar-refractivity contribution is 7.20. The molecule has 1 aromatic carbocycles. The summed E-state index contributed by atoms with van der Waals surface area (Å²) in [6.07, 6.45) is 3.38. The summed E-state index contributed by atoms with van der Waals surface area (Å²) in [6, 6.07) is 10.0. The first-order chi connectivity index (χ1) is 9.24. The Morgan fingerprint density at radius 3 is 2.95 bits per heavy atom. The van der Waals surface area contributed by atoms with Crippen molar-refractivity contribution in [2.45, 2.75) is 24.6 Å². The molecule has 1 amide bonds. The third kappa shape index (κ3) is 2.77. The average molecular weight is 294 g/mol. The number of carbonyl (C=O) groups excluding carboxylic acids is 1. The van der Waals surface area contributed by atoms with Crippen LogP contribution in [-0.2, 0) is 0 Å². The fourth-order valence-corrected chi connectivity index (χ4v) is 3.97. The molecule has 2 aromatic rings. The Hall–Kier alpha value is -1.06. The molecule has 2 unspecified atom stereocenters. The van der Waals surface area contributed by atoms with Crippen molar-refractivity contribution in [2.24, 2.45) is 5.92 Å². The zero-order chi connectivity index (χ0) is 13.2. The maximum atomic E-state index is 12.1. The van der Waals surface area contributed by atoms with Crippen LogP contribution in [0.3, 0.4) is 0 Å². The Labute approximate surface area is 121 Å². The molecule has 0 aliphatic heterocycles. The Balaban J connectivity index is 1.66. The molecule has 0 spiro atoms. The summed E-state index contributed by atoms with van der Waals surface area (Å²) in [5.74, 6) is 0.456. The van der Waals surface area contributed by atoms with Crippen LogP contribution in [0.5, 0.6) is 0 Å². The monoisotopic (exact) mass is 293 g/mol. The zero-order valence-electron chi connectivity index (χ0n) is 10.6. The molecule has 2 nitrogen and oxygen atoms in total. The van der Waals surface area contributed by atoms with Gasteiger partial charge < -0.3 is 5.32 Å². The number of carbonyl (C=O) groups is 1. The molecular formula is C15H16ClNOS. The van der Waals surface area contributed by atoms with Gasteiger partial charge in [0.1, 0.15) is 0 Å². The van der Waals surface area contributed by atoms with E-state index in [1.54, 1.807) is 11.3 Å². The molecule has 1 N–H and O–H groups in total. The highest BCUT2D eigenvalue weighted by atomic mass is 35.5. The van der Waals surface area contributed by atoms with E-state index in [1.165, 1.54) is 6.42 Å². The number of hydrogen-bond acceptors (Lipinski definition) is 2. The molecule has 1 heterocycles. The van der Waals surface area contributed by atoms with Gasteiger partial charge in [-0.25, -0.2) is 0 Å². The molecule has 100 valence electrons. The Morgan fingerprint density at radius 1 is 1.37 bits per heavy atom. The molecular weight excluding hydrogens is 278 g/mol. The molecule has 4 heteroatoms. The van der Waals surface area contributed by atoms with E-state index >= 15 is 0 Å². The average Bonchev–Trinajstić information content (AvgIpc) is 3.01. The van der Waals surface area contributed by atoms with Crippen LogP contribution in [0.25, 0.3) is 10.1 Å². The topological polar surface area (TPSA) is 29.1 Å². The molecule has 0 radical (unpaired) electrons. The molecule has 19 heavy (non-hydrogen) atoms. The van der Waals surface area contributed by atoms with Crippen LogP contribution in [0.2, 0.25) is 0 Å². The summed E-state index contributed by atoms with van der Waals surface area (Å²) in [7, 11) is 0. The second kappa shape index (κ2) is 5.51. The van der Waals surface area contributed by atoms with E-state index in [9.17, 15) is 4.79 Å². The Bertz CT molecular complexity index is 562. The van der Waals surface area contributed by atoms with Gasteiger partial charge in [-0.2, -0.15) is 0 Å². The van der Waals surface area contributed by atoms with Crippen molar-refractivity contribution in [1.29, 1.82) is 0 Å². The van der Waals surface area contributed by atoms with E-state index < -0.39 is 0 Å². The lowest BCUT2D eigenvalue weighted by molar-refractivity contribution is 0.0952. The minimum absolute atomic E-state index is 0.0250. The van der Waals surface area contributed by atoms with E-state index in [1.807, 2.05) is 30.3 Å². The molecule has 2 atom stereocenters. The highest BCUT2D eigenvalue weighted by Crippen LogP contribution is 2.30. The molecule has 1 saturated carbocycles. The van der Waals surface area contributed by atoms with E-state index in [2.05, 4.69) is 5.32 Å². The van der Waals surface area contributed by atoms with Gasteiger partial charge in [0.05, 0.1) is 4.88 Å². The number of alkyl halides is 1. The number of fused-ring (bicyclic) bond motifs is 1. The summed E-state index contributed by atoms with van der Waals surface area (Å²) in [4.78, 5) is 12.9. The number of halogens is 1. The number of thiophene rings is 1. The second-order valence-corrected chi connectivity index (χ2v) is 6.71. The van der Waals surface area contributed by atoms with E-state index in [-0.39, 0.29) is 11.3 Å². The van der Waals surface area contributed by atoms with Gasteiger partial charge in [0.25, 0.3) is 5.91 Å². The van der Waals surface area contributed by atoms with Gasteiger partial charge in [-0.3, -0.25) is 4.79 Å². The van der Waals surface area contributed by atoms with Crippen LogP contribution >= 0.6 is 22.9 Å². The van der Waals surface area contributed by atoms with Crippen molar-refractivity contribution in [2.75, 3.05) is 6.54 Å². The van der Waals surface area contributed by atoms with Gasteiger partial charge in [-0.15, -0.1) is 22.9 Å². The zero-order valence-corrected chi connectivity index (χ0v) is 12.1. The summed E-state index contributed by atoms with van der Waals surface area (Å²) < 4.78 is 1.16. The van der Waals surface area contributed by atoms with Gasteiger partial charge in [0.15, 0.2) is 0 Å². The standard InChI is InChI=1S/C15H16ClNOS/c16-12-6-3-5-11(12)9-17-15(18)14-8-10-4-1-2-7-13(10)19-14/h1-2,4,7-8,11-12H,3,5-6,9H2,(H,17,18). The molecule has 3 rings (SSSR count). The number of rotatable bonds is 3. The van der Waals surface area contributed by atoms with Crippen LogP contribution in [-0.4, -0.2) is 17.8 Å². The predicted octanol–water partition coefficient (Wildman–Crippen LogP) is 4.04. The number of amides is 1. The lowest BCUT2D eigenvalue weighted by Gasteiger charge is -2.13. The smallest absolute Gasteiger partial charge is 0.261 e. The fourth-order valence-electron chi connectivity index (χ4n) is 2.63. The lowest BCUT2D eigenvalue weighted by Crippen LogP contribution is -2.30. The van der Waals surface area contributed by atoms with Gasteiger partial charge in [0.2, 0.25) is 0 Å². The van der Waals surface area contributed by atoms with Crippen molar-refractivity contribution in [3.05, 3.63) is 35.2 Å². The number of hydrogen-bond donors (Lipinski definition) is 1. The number of nitrogens with one attached hydrogen (secondary N) is 1. The minimum atomic E-state index is 0.0250. The van der Waals surface area contributed by atoms with Crippen molar-refractivity contribution in [3.8, 4) is 0 Å². The van der Waals surface area contributed by atoms with Crippen molar-refractivity contribution < 1.29 is 4.79 Å². The third-order valence-electron chi connectivity index (χ3n) is 3.74. The first-order valence-corrected chi connectivity index (χ1v) is 7.90. The molecule has 1 fully saturated rings. The van der Waals surface area contributed by atoms with Gasteiger partial charge >= 0.3 is 0 Å². The van der Waals surface area contributed by atoms with E-state index in [0.717, 1.165) is 27.8 Å². The van der Waals surface area contributed by atoms with Crippen LogP contribution in [0, 0.1) is 5.92 Å². The largest absolute Gasteiger partial charge is 0.351 e. The van der Waals surface area contributed by atoms with Crippen LogP contribution in [0.15, 0.2) is 30.3 Å². The van der Waals surface area contributed by atoms with Gasteiger partial charge in [-0.1, -0.05) is 24.6 Å². The molecule has 1 aliphatic rings. The van der Waals surface area contributed by atoms with Crippen LogP contribution in [0.4, 0.5) is 0 Å². The summed E-state index contributed by atoms with van der Waals surface area (Å²) >= 11 is 7.77. The van der Waals surface area contributed by atoms with Crippen molar-refractivity contribution in [3.63, 3.8) is 0 Å². The fraction of sp³-hybridized carbons (Fsp3) is 0.400. The van der Waals surface area contributed by atoms with Crippen LogP contribution in [0.1, 0.15) is 28.9 Å². The molecule has 0 bridgehead atoms. The van der Waals surface area contributed by atoms with Gasteiger partial charge in [-0.05, 0) is 36.3 Å². The van der Waals surface area contributed by atoms with E-state index in [0.29, 0.717) is 12.5 Å². The first-order valence-electron chi connectivity index (χ1n) is 6.65. The summed E-state index contributed by atoms with van der Waals surface area (Å²) in [5.41, 5.74) is 0. The predicted molar refractivity (Wildman–Crippen MR) is 81.1 cm³/mol. The third-order valence-corrected chi connectivity index (χ3v) is 5.43. The van der Waals surface area contributed by atoms with Gasteiger partial charge in [0, 0.05) is 16.6 Å². The lowest BCUT2D eigenvalue weighted by atomic mass is 10.1. The normalized spacial score (nSPS) is 22.8.